The van der Waals surface area contributed by atoms with Gasteiger partial charge in [-0.3, -0.25) is 4.79 Å². The van der Waals surface area contributed by atoms with Crippen molar-refractivity contribution in [1.29, 1.82) is 0 Å². The van der Waals surface area contributed by atoms with Crippen LogP contribution in [0, 0.1) is 0 Å². The van der Waals surface area contributed by atoms with Crippen LogP contribution >= 0.6 is 0 Å². The molecular weight excluding hydrogens is 208 g/mol. The molecule has 4 N–H and O–H groups in total. The van der Waals surface area contributed by atoms with Gasteiger partial charge in [0.1, 0.15) is 0 Å². The van der Waals surface area contributed by atoms with E-state index >= 15 is 0 Å². The van der Waals surface area contributed by atoms with Gasteiger partial charge < -0.3 is 20.8 Å². The normalized spacial score (nSPS) is 19.6. The van der Waals surface area contributed by atoms with Gasteiger partial charge in [-0.15, -0.1) is 0 Å². The fraction of sp³-hybridized carbons (Fsp3) is 0.364. The molecule has 16 heavy (non-hydrogen) atoms. The second kappa shape index (κ2) is 4.40. The summed E-state index contributed by atoms with van der Waals surface area (Å²) in [5, 5.41) is 24.4. The highest BCUT2D eigenvalue weighted by molar-refractivity contribution is 5.95. The number of phenolic OH excluding ortho intramolecular Hbond substituents is 2. The first-order valence-electron chi connectivity index (χ1n) is 5.20. The van der Waals surface area contributed by atoms with E-state index in [1.54, 1.807) is 0 Å². The average molecular weight is 222 g/mol. The third-order valence-corrected chi connectivity index (χ3v) is 2.63. The Balaban J connectivity index is 2.05. The lowest BCUT2D eigenvalue weighted by Crippen LogP contribution is -2.36. The summed E-state index contributed by atoms with van der Waals surface area (Å²) in [7, 11) is 0. The van der Waals surface area contributed by atoms with Crippen molar-refractivity contribution >= 4 is 5.91 Å². The van der Waals surface area contributed by atoms with E-state index in [0.29, 0.717) is 5.56 Å². The second-order valence-electron chi connectivity index (χ2n) is 3.87. The van der Waals surface area contributed by atoms with Crippen molar-refractivity contribution in [2.24, 2.45) is 0 Å². The first kappa shape index (κ1) is 10.8. The van der Waals surface area contributed by atoms with Crippen molar-refractivity contribution in [2.75, 3.05) is 13.1 Å². The Labute approximate surface area is 93.1 Å². The lowest BCUT2D eigenvalue weighted by atomic mass is 10.1. The number of phenols is 2. The molecule has 0 unspecified atom stereocenters. The minimum atomic E-state index is -0.280. The van der Waals surface area contributed by atoms with Crippen LogP contribution in [0.5, 0.6) is 11.5 Å². The van der Waals surface area contributed by atoms with Gasteiger partial charge in [0.2, 0.25) is 0 Å². The first-order chi connectivity index (χ1) is 7.66. The molecule has 1 fully saturated rings. The highest BCUT2D eigenvalue weighted by Gasteiger charge is 2.17. The summed E-state index contributed by atoms with van der Waals surface area (Å²) >= 11 is 0. The van der Waals surface area contributed by atoms with Crippen molar-refractivity contribution < 1.29 is 15.0 Å². The maximum Gasteiger partial charge on any atom is 0.251 e. The minimum absolute atomic E-state index is 0.142. The summed E-state index contributed by atoms with van der Waals surface area (Å²) in [5.41, 5.74) is 0.349. The van der Waals surface area contributed by atoms with Crippen LogP contribution < -0.4 is 10.6 Å². The van der Waals surface area contributed by atoms with Gasteiger partial charge >= 0.3 is 0 Å². The van der Waals surface area contributed by atoms with Crippen molar-refractivity contribution in [1.82, 2.24) is 10.6 Å². The Morgan fingerprint density at radius 1 is 1.38 bits per heavy atom. The van der Waals surface area contributed by atoms with Gasteiger partial charge in [-0.2, -0.15) is 0 Å². The van der Waals surface area contributed by atoms with E-state index in [1.807, 2.05) is 0 Å². The Hall–Kier alpha value is -1.75. The number of carbonyl (C=O) groups is 1. The van der Waals surface area contributed by atoms with Crippen LogP contribution in [0.3, 0.4) is 0 Å². The van der Waals surface area contributed by atoms with Crippen LogP contribution in [-0.4, -0.2) is 35.3 Å². The predicted octanol–water partition coefficient (Wildman–Crippen LogP) is 0.189. The number of amides is 1. The van der Waals surface area contributed by atoms with Crippen LogP contribution in [0.4, 0.5) is 0 Å². The summed E-state index contributed by atoms with van der Waals surface area (Å²) in [5.74, 6) is -0.736. The van der Waals surface area contributed by atoms with E-state index in [1.165, 1.54) is 18.2 Å². The Morgan fingerprint density at radius 2 is 2.19 bits per heavy atom. The molecule has 1 aliphatic heterocycles. The largest absolute Gasteiger partial charge is 0.504 e. The van der Waals surface area contributed by atoms with Crippen LogP contribution in [0.25, 0.3) is 0 Å². The quantitative estimate of drug-likeness (QED) is 0.538. The fourth-order valence-corrected chi connectivity index (χ4v) is 1.71. The fourth-order valence-electron chi connectivity index (χ4n) is 1.71. The van der Waals surface area contributed by atoms with Gasteiger partial charge in [-0.1, -0.05) is 0 Å². The maximum atomic E-state index is 11.7. The zero-order valence-electron chi connectivity index (χ0n) is 8.73. The van der Waals surface area contributed by atoms with Crippen LogP contribution in [0.1, 0.15) is 16.8 Å². The first-order valence-corrected chi connectivity index (χ1v) is 5.20. The van der Waals surface area contributed by atoms with E-state index in [0.717, 1.165) is 19.5 Å². The van der Waals surface area contributed by atoms with Gasteiger partial charge in [0.15, 0.2) is 11.5 Å². The standard InChI is InChI=1S/C11H14N2O3/c14-9-2-1-7(5-10(9)15)11(16)13-8-3-4-12-6-8/h1-2,5,8,12,14-15H,3-4,6H2,(H,13,16)/t8-/m0/s1. The van der Waals surface area contributed by atoms with Crippen molar-refractivity contribution in [2.45, 2.75) is 12.5 Å². The number of nitrogens with one attached hydrogen (secondary N) is 2. The molecule has 1 atom stereocenters. The molecule has 1 aliphatic rings. The van der Waals surface area contributed by atoms with Gasteiger partial charge in [-0.25, -0.2) is 0 Å². The monoisotopic (exact) mass is 222 g/mol. The summed E-state index contributed by atoms with van der Waals surface area (Å²) in [4.78, 5) is 11.7. The predicted molar refractivity (Wildman–Crippen MR) is 58.5 cm³/mol. The third-order valence-electron chi connectivity index (χ3n) is 2.63. The molecule has 1 saturated heterocycles. The molecule has 1 aromatic carbocycles. The van der Waals surface area contributed by atoms with Crippen molar-refractivity contribution in [3.63, 3.8) is 0 Å². The van der Waals surface area contributed by atoms with E-state index in [9.17, 15) is 9.90 Å². The SMILES string of the molecule is O=C(N[C@H]1CCNC1)c1ccc(O)c(O)c1. The molecule has 1 aromatic rings. The zero-order valence-corrected chi connectivity index (χ0v) is 8.73. The van der Waals surface area contributed by atoms with E-state index in [-0.39, 0.29) is 23.4 Å². The highest BCUT2D eigenvalue weighted by atomic mass is 16.3. The summed E-state index contributed by atoms with van der Waals surface area (Å²) in [6.07, 6.45) is 0.913. The molecule has 5 nitrogen and oxygen atoms in total. The Morgan fingerprint density at radius 3 is 2.81 bits per heavy atom. The lowest BCUT2D eigenvalue weighted by Gasteiger charge is -2.11. The molecule has 0 bridgehead atoms. The maximum absolute atomic E-state index is 11.7. The lowest BCUT2D eigenvalue weighted by molar-refractivity contribution is 0.0939. The molecule has 86 valence electrons. The molecule has 1 heterocycles. The number of hydrogen-bond donors (Lipinski definition) is 4. The minimum Gasteiger partial charge on any atom is -0.504 e. The molecule has 0 radical (unpaired) electrons. The van der Waals surface area contributed by atoms with Gasteiger partial charge in [0.25, 0.3) is 5.91 Å². The molecule has 0 aliphatic carbocycles. The second-order valence-corrected chi connectivity index (χ2v) is 3.87. The van der Waals surface area contributed by atoms with E-state index in [2.05, 4.69) is 10.6 Å². The molecular formula is C11H14N2O3. The van der Waals surface area contributed by atoms with Crippen molar-refractivity contribution in [3.8, 4) is 11.5 Å². The van der Waals surface area contributed by atoms with E-state index in [4.69, 9.17) is 5.11 Å². The topological polar surface area (TPSA) is 81.6 Å². The number of carbonyl (C=O) groups excluding carboxylic acids is 1. The Bertz CT molecular complexity index is 400. The number of benzene rings is 1. The summed E-state index contributed by atoms with van der Waals surface area (Å²) in [6, 6.07) is 4.18. The third kappa shape index (κ3) is 2.25. The molecule has 1 amide bonds. The van der Waals surface area contributed by atoms with Crippen LogP contribution in [0.15, 0.2) is 18.2 Å². The van der Waals surface area contributed by atoms with Gasteiger partial charge in [-0.05, 0) is 31.2 Å². The van der Waals surface area contributed by atoms with Crippen molar-refractivity contribution in [3.05, 3.63) is 23.8 Å². The van der Waals surface area contributed by atoms with Crippen LogP contribution in [0.2, 0.25) is 0 Å². The zero-order chi connectivity index (χ0) is 11.5. The van der Waals surface area contributed by atoms with Crippen LogP contribution in [-0.2, 0) is 0 Å². The average Bonchev–Trinajstić information content (AvgIpc) is 2.74. The molecule has 2 rings (SSSR count). The van der Waals surface area contributed by atoms with E-state index < -0.39 is 0 Å². The number of rotatable bonds is 2. The van der Waals surface area contributed by atoms with Gasteiger partial charge in [0.05, 0.1) is 0 Å². The molecule has 5 heteroatoms. The Kier molecular flexibility index (Phi) is 2.96. The smallest absolute Gasteiger partial charge is 0.251 e. The summed E-state index contributed by atoms with van der Waals surface area (Å²) < 4.78 is 0. The number of hydrogen-bond acceptors (Lipinski definition) is 4. The highest BCUT2D eigenvalue weighted by Crippen LogP contribution is 2.24. The molecule has 0 aromatic heterocycles. The number of aromatic hydroxyl groups is 2. The molecule has 0 spiro atoms. The van der Waals surface area contributed by atoms with Gasteiger partial charge in [0, 0.05) is 18.2 Å². The molecule has 0 saturated carbocycles. The summed E-state index contributed by atoms with van der Waals surface area (Å²) in [6.45, 7) is 1.68.